The van der Waals surface area contributed by atoms with Gasteiger partial charge in [-0.2, -0.15) is 0 Å². The van der Waals surface area contributed by atoms with E-state index in [0.29, 0.717) is 38.0 Å². The van der Waals surface area contributed by atoms with Crippen LogP contribution in [0, 0.1) is 5.92 Å². The summed E-state index contributed by atoms with van der Waals surface area (Å²) < 4.78 is 31.2. The smallest absolute Gasteiger partial charge is 0.320 e. The van der Waals surface area contributed by atoms with Gasteiger partial charge < -0.3 is 9.84 Å². The van der Waals surface area contributed by atoms with Crippen LogP contribution in [0.2, 0.25) is 0 Å². The van der Waals surface area contributed by atoms with Crippen molar-refractivity contribution >= 4 is 28.4 Å². The van der Waals surface area contributed by atoms with Crippen molar-refractivity contribution in [2.75, 3.05) is 32.6 Å². The molecule has 7 nitrogen and oxygen atoms in total. The average Bonchev–Trinajstić information content (AvgIpc) is 2.86. The maximum Gasteiger partial charge on any atom is 0.320 e. The summed E-state index contributed by atoms with van der Waals surface area (Å²) >= 11 is 0. The van der Waals surface area contributed by atoms with E-state index in [1.54, 1.807) is 7.11 Å². The van der Waals surface area contributed by atoms with E-state index in [0.717, 1.165) is 19.3 Å². The van der Waals surface area contributed by atoms with Crippen molar-refractivity contribution in [3.63, 3.8) is 0 Å². The number of hydrogen-bond acceptors (Lipinski definition) is 5. The first-order valence-corrected chi connectivity index (χ1v) is 10.0. The van der Waals surface area contributed by atoms with Crippen LogP contribution in [0.25, 0.3) is 0 Å². The van der Waals surface area contributed by atoms with Gasteiger partial charge in [0.25, 0.3) is 0 Å². The Hall–Kier alpha value is -0.410. The van der Waals surface area contributed by atoms with Crippen LogP contribution >= 0.6 is 12.4 Å². The minimum atomic E-state index is -3.32. The first-order valence-electron chi connectivity index (χ1n) is 8.39. The van der Waals surface area contributed by atoms with E-state index in [1.165, 1.54) is 6.42 Å². The fourth-order valence-electron chi connectivity index (χ4n) is 3.91. The van der Waals surface area contributed by atoms with E-state index >= 15 is 0 Å². The molecular formula is C15H29ClN2O5S. The van der Waals surface area contributed by atoms with Crippen molar-refractivity contribution in [1.29, 1.82) is 0 Å². The van der Waals surface area contributed by atoms with Crippen LogP contribution in [0.1, 0.15) is 38.5 Å². The minimum Gasteiger partial charge on any atom is -0.480 e. The van der Waals surface area contributed by atoms with E-state index in [4.69, 9.17) is 4.74 Å². The molecule has 3 atom stereocenters. The molecule has 0 amide bonds. The van der Waals surface area contributed by atoms with Gasteiger partial charge in [0.15, 0.2) is 0 Å². The van der Waals surface area contributed by atoms with E-state index in [2.05, 4.69) is 4.72 Å². The predicted molar refractivity (Wildman–Crippen MR) is 94.0 cm³/mol. The number of methoxy groups -OCH3 is 1. The van der Waals surface area contributed by atoms with Gasteiger partial charge >= 0.3 is 5.97 Å². The molecule has 1 saturated carbocycles. The number of carbonyl (C=O) groups is 1. The van der Waals surface area contributed by atoms with Crippen LogP contribution in [0.15, 0.2) is 0 Å². The first kappa shape index (κ1) is 21.6. The standard InChI is InChI=1S/C15H28N2O5S.ClH/c1-22-9-4-10-23(20,21)16-7-8-17-13-6-3-2-5-12(13)11-14(17)15(18)19;/h12-14,16H,2-11H2,1H3,(H,18,19);1H. The lowest BCUT2D eigenvalue weighted by molar-refractivity contribution is -0.142. The van der Waals surface area contributed by atoms with Gasteiger partial charge in [0.1, 0.15) is 6.04 Å². The van der Waals surface area contributed by atoms with Crippen molar-refractivity contribution in [2.45, 2.75) is 50.6 Å². The molecule has 2 rings (SSSR count). The summed E-state index contributed by atoms with van der Waals surface area (Å²) in [6.45, 7) is 1.14. The largest absolute Gasteiger partial charge is 0.480 e. The van der Waals surface area contributed by atoms with Gasteiger partial charge in [-0.15, -0.1) is 12.4 Å². The van der Waals surface area contributed by atoms with Gasteiger partial charge in [-0.3, -0.25) is 9.69 Å². The second-order valence-electron chi connectivity index (χ2n) is 6.50. The molecular weight excluding hydrogens is 356 g/mol. The second-order valence-corrected chi connectivity index (χ2v) is 8.43. The quantitative estimate of drug-likeness (QED) is 0.577. The Balaban J connectivity index is 0.00000288. The van der Waals surface area contributed by atoms with Gasteiger partial charge in [0.05, 0.1) is 5.75 Å². The normalized spacial score (nSPS) is 27.5. The molecule has 0 aromatic heterocycles. The number of nitrogens with one attached hydrogen (secondary N) is 1. The lowest BCUT2D eigenvalue weighted by atomic mass is 9.85. The summed E-state index contributed by atoms with van der Waals surface area (Å²) in [7, 11) is -1.77. The first-order chi connectivity index (χ1) is 10.9. The van der Waals surface area contributed by atoms with Gasteiger partial charge in [0, 0.05) is 32.8 Å². The zero-order chi connectivity index (χ0) is 16.9. The minimum absolute atomic E-state index is 0. The third kappa shape index (κ3) is 5.84. The van der Waals surface area contributed by atoms with E-state index in [1.807, 2.05) is 4.90 Å². The van der Waals surface area contributed by atoms with Crippen LogP contribution in [-0.4, -0.2) is 69.0 Å². The summed E-state index contributed by atoms with van der Waals surface area (Å²) in [6, 6.07) is -0.177. The maximum atomic E-state index is 11.9. The van der Waals surface area contributed by atoms with E-state index < -0.39 is 22.0 Å². The van der Waals surface area contributed by atoms with Crippen molar-refractivity contribution in [3.8, 4) is 0 Å². The molecule has 9 heteroatoms. The number of nitrogens with zero attached hydrogens (tertiary/aromatic N) is 1. The zero-order valence-corrected chi connectivity index (χ0v) is 15.8. The maximum absolute atomic E-state index is 11.9. The molecule has 3 unspecified atom stereocenters. The summed E-state index contributed by atoms with van der Waals surface area (Å²) in [5, 5.41) is 9.44. The molecule has 142 valence electrons. The number of rotatable bonds is 9. The molecule has 0 spiro atoms. The van der Waals surface area contributed by atoms with Crippen LogP contribution in [0.5, 0.6) is 0 Å². The summed E-state index contributed by atoms with van der Waals surface area (Å²) in [4.78, 5) is 13.5. The SMILES string of the molecule is COCCCS(=O)(=O)NCCN1C(C(=O)O)CC2CCCCC21.Cl. The Morgan fingerprint density at radius 1 is 1.33 bits per heavy atom. The van der Waals surface area contributed by atoms with Crippen molar-refractivity contribution < 1.29 is 23.1 Å². The molecule has 0 aromatic carbocycles. The third-order valence-electron chi connectivity index (χ3n) is 4.96. The molecule has 1 aliphatic carbocycles. The highest BCUT2D eigenvalue weighted by molar-refractivity contribution is 7.89. The molecule has 1 saturated heterocycles. The van der Waals surface area contributed by atoms with Gasteiger partial charge in [-0.05, 0) is 31.6 Å². The number of fused-ring (bicyclic) bond motifs is 1. The van der Waals surface area contributed by atoms with Gasteiger partial charge in [-0.25, -0.2) is 13.1 Å². The number of aliphatic carboxylic acids is 1. The number of sulfonamides is 1. The molecule has 2 N–H and O–H groups in total. The van der Waals surface area contributed by atoms with Crippen molar-refractivity contribution in [2.24, 2.45) is 5.92 Å². The zero-order valence-electron chi connectivity index (χ0n) is 14.1. The highest BCUT2D eigenvalue weighted by atomic mass is 35.5. The molecule has 0 bridgehead atoms. The number of halogens is 1. The summed E-state index contributed by atoms with van der Waals surface area (Å²) in [6.07, 6.45) is 5.57. The topological polar surface area (TPSA) is 95.9 Å². The van der Waals surface area contributed by atoms with Crippen molar-refractivity contribution in [3.05, 3.63) is 0 Å². The Labute approximate surface area is 150 Å². The lowest BCUT2D eigenvalue weighted by Gasteiger charge is -2.32. The molecule has 0 aromatic rings. The third-order valence-corrected chi connectivity index (χ3v) is 6.43. The van der Waals surface area contributed by atoms with E-state index in [-0.39, 0.29) is 24.7 Å². The molecule has 0 radical (unpaired) electrons. The van der Waals surface area contributed by atoms with Gasteiger partial charge in [0.2, 0.25) is 10.0 Å². The molecule has 2 fully saturated rings. The fraction of sp³-hybridized carbons (Fsp3) is 0.933. The summed E-state index contributed by atoms with van der Waals surface area (Å²) in [5.41, 5.74) is 0. The number of ether oxygens (including phenoxy) is 1. The number of carboxylic acid groups (broad SMARTS) is 1. The monoisotopic (exact) mass is 384 g/mol. The summed E-state index contributed by atoms with van der Waals surface area (Å²) in [5.74, 6) is -0.305. The molecule has 1 aliphatic heterocycles. The van der Waals surface area contributed by atoms with Crippen molar-refractivity contribution in [1.82, 2.24) is 9.62 Å². The second kappa shape index (κ2) is 9.91. The highest BCUT2D eigenvalue weighted by Crippen LogP contribution is 2.39. The molecule has 24 heavy (non-hydrogen) atoms. The average molecular weight is 385 g/mol. The van der Waals surface area contributed by atoms with Crippen LogP contribution in [0.4, 0.5) is 0 Å². The van der Waals surface area contributed by atoms with Gasteiger partial charge in [-0.1, -0.05) is 12.8 Å². The highest BCUT2D eigenvalue weighted by Gasteiger charge is 2.44. The Morgan fingerprint density at radius 3 is 2.71 bits per heavy atom. The Morgan fingerprint density at radius 2 is 2.04 bits per heavy atom. The van der Waals surface area contributed by atoms with Crippen LogP contribution < -0.4 is 4.72 Å². The Bertz CT molecular complexity index is 502. The number of likely N-dealkylation sites (tertiary alicyclic amines) is 1. The molecule has 2 aliphatic rings. The lowest BCUT2D eigenvalue weighted by Crippen LogP contribution is -2.46. The fourth-order valence-corrected chi connectivity index (χ4v) is 4.96. The van der Waals surface area contributed by atoms with E-state index in [9.17, 15) is 18.3 Å². The number of hydrogen-bond donors (Lipinski definition) is 2. The number of carboxylic acids is 1. The van der Waals surface area contributed by atoms with Crippen LogP contribution in [-0.2, 0) is 19.6 Å². The predicted octanol–water partition coefficient (Wildman–Crippen LogP) is 1.08. The molecule has 1 heterocycles. The van der Waals surface area contributed by atoms with Crippen LogP contribution in [0.3, 0.4) is 0 Å². The Kier molecular flexibility index (Phi) is 8.94.